The third-order valence-electron chi connectivity index (χ3n) is 18.5. The second-order valence-electron chi connectivity index (χ2n) is 27.4. The zero-order valence-corrected chi connectivity index (χ0v) is 57.5. The van der Waals surface area contributed by atoms with Crippen LogP contribution < -0.4 is 9.47 Å². The first-order valence-corrected chi connectivity index (χ1v) is 37.4. The molecule has 0 N–H and O–H groups in total. The lowest BCUT2D eigenvalue weighted by molar-refractivity contribution is -0.241. The number of ether oxygens (including phenoxy) is 6. The minimum atomic E-state index is -2.32. The minimum Gasteiger partial charge on any atom is -0.497 e. The SMILES string of the molecule is COc1ccc(CO[C@@H]([C@@H](C)C=C[C@H](C[C@H](O[Si](C)(C)C(C)(C)C)[C@H](C)C=CCOC(c2ccccc2)(c2ccccc2)c2ccccc2)O[Si](C)(C)C(C)(C)C)[C@@H](C)C[C@H](C)C=CC(=O)C(C)C2OC(Cc3ccc(OC)cc3)OC[C@@H]2C)cc1. The summed E-state index contributed by atoms with van der Waals surface area (Å²) in [6.45, 7) is 37.8. The van der Waals surface area contributed by atoms with Crippen LogP contribution in [0.3, 0.4) is 0 Å². The number of carbonyl (C=O) groups excluding carboxylic acids is 1. The van der Waals surface area contributed by atoms with E-state index in [9.17, 15) is 4.79 Å². The second kappa shape index (κ2) is 31.8. The van der Waals surface area contributed by atoms with Gasteiger partial charge in [0, 0.05) is 30.6 Å². The molecule has 1 aliphatic heterocycles. The Morgan fingerprint density at radius 3 is 1.62 bits per heavy atom. The largest absolute Gasteiger partial charge is 0.497 e. The van der Waals surface area contributed by atoms with Crippen molar-refractivity contribution in [1.29, 1.82) is 0 Å². The van der Waals surface area contributed by atoms with Gasteiger partial charge in [0.25, 0.3) is 0 Å². The molecule has 11 heteroatoms. The molecule has 0 bridgehead atoms. The summed E-state index contributed by atoms with van der Waals surface area (Å²) in [6.07, 6.45) is 13.9. The number of carbonyl (C=O) groups is 1. The van der Waals surface area contributed by atoms with E-state index < -0.39 is 28.5 Å². The van der Waals surface area contributed by atoms with Crippen LogP contribution in [-0.4, -0.2) is 80.6 Å². The zero-order valence-electron chi connectivity index (χ0n) is 55.5. The molecule has 0 spiro atoms. The molecule has 0 amide bonds. The summed E-state index contributed by atoms with van der Waals surface area (Å²) < 4.78 is 52.8. The molecular formula is C75H106O9Si2. The molecule has 1 heterocycles. The predicted octanol–water partition coefficient (Wildman–Crippen LogP) is 18.2. The quantitative estimate of drug-likeness (QED) is 0.0186. The summed E-state index contributed by atoms with van der Waals surface area (Å²) in [4.78, 5) is 14.0. The van der Waals surface area contributed by atoms with Crippen LogP contribution in [0.5, 0.6) is 11.5 Å². The van der Waals surface area contributed by atoms with Crippen LogP contribution in [0.4, 0.5) is 0 Å². The summed E-state index contributed by atoms with van der Waals surface area (Å²) in [5.41, 5.74) is 4.55. The number of hydrogen-bond donors (Lipinski definition) is 0. The van der Waals surface area contributed by atoms with Gasteiger partial charge in [-0.3, -0.25) is 4.79 Å². The van der Waals surface area contributed by atoms with Crippen molar-refractivity contribution in [2.24, 2.45) is 35.5 Å². The van der Waals surface area contributed by atoms with Gasteiger partial charge in [-0.1, -0.05) is 229 Å². The Morgan fingerprint density at radius 1 is 0.616 bits per heavy atom. The fraction of sp³-hybridized carbons (Fsp3) is 0.507. The summed E-state index contributed by atoms with van der Waals surface area (Å²) >= 11 is 0. The first kappa shape index (κ1) is 69.9. The molecule has 5 aromatic rings. The van der Waals surface area contributed by atoms with Gasteiger partial charge in [-0.25, -0.2) is 0 Å². The van der Waals surface area contributed by atoms with E-state index in [2.05, 4.69) is 236 Å². The number of hydrogen-bond acceptors (Lipinski definition) is 9. The summed E-state index contributed by atoms with van der Waals surface area (Å²) in [7, 11) is -1.26. The van der Waals surface area contributed by atoms with E-state index in [1.54, 1.807) is 20.3 Å². The van der Waals surface area contributed by atoms with Crippen molar-refractivity contribution in [2.45, 2.75) is 182 Å². The number of ketones is 1. The van der Waals surface area contributed by atoms with Crippen molar-refractivity contribution >= 4 is 22.4 Å². The molecule has 0 aromatic heterocycles. The second-order valence-corrected chi connectivity index (χ2v) is 37.0. The molecule has 5 aromatic carbocycles. The van der Waals surface area contributed by atoms with Crippen LogP contribution in [0.1, 0.15) is 124 Å². The highest BCUT2D eigenvalue weighted by Gasteiger charge is 2.44. The zero-order chi connectivity index (χ0) is 62.9. The van der Waals surface area contributed by atoms with Crippen molar-refractivity contribution in [1.82, 2.24) is 0 Å². The Balaban J connectivity index is 1.25. The number of rotatable bonds is 31. The Kier molecular flexibility index (Phi) is 25.8. The van der Waals surface area contributed by atoms with Crippen LogP contribution in [0.2, 0.25) is 36.3 Å². The maximum atomic E-state index is 14.0. The average Bonchev–Trinajstić information content (AvgIpc) is 1.42. The molecule has 1 fully saturated rings. The van der Waals surface area contributed by atoms with Gasteiger partial charge in [0.1, 0.15) is 17.1 Å². The molecule has 0 radical (unpaired) electrons. The van der Waals surface area contributed by atoms with E-state index >= 15 is 0 Å². The lowest BCUT2D eigenvalue weighted by Gasteiger charge is -2.43. The van der Waals surface area contributed by atoms with Crippen LogP contribution in [0.25, 0.3) is 0 Å². The number of benzene rings is 5. The molecule has 86 heavy (non-hydrogen) atoms. The van der Waals surface area contributed by atoms with Crippen LogP contribution in [0.15, 0.2) is 176 Å². The molecule has 11 atom stereocenters. The van der Waals surface area contributed by atoms with Gasteiger partial charge in [0.15, 0.2) is 28.7 Å². The highest BCUT2D eigenvalue weighted by atomic mass is 28.4. The minimum absolute atomic E-state index is 0.0120. The van der Waals surface area contributed by atoms with Gasteiger partial charge in [-0.15, -0.1) is 0 Å². The van der Waals surface area contributed by atoms with Gasteiger partial charge in [0.2, 0.25) is 0 Å². The standard InChI is InChI=1S/C75H106O9Si2/c1-54(36-47-68(76)59(6)72-58(5)52-79-70(82-72)50-60-38-43-65(77-13)44-39-60)49-57(4)71(80-53-61-40-45-66(78-14)46-41-61)56(3)37-42-67(83-85(15,16)73(7,8)9)51-69(84-86(17,18)74(10,11)12)55(2)29-28-48-81-75(62-30-22-19-23-31-62,63-32-24-20-25-33-63)64-34-26-21-27-35-64/h19-47,54-59,67,69-72H,48-53H2,1-18H3/t54-,55-,56+,57+,58+,59?,67-,69+,70?,71+,72?/m1/s1. The lowest BCUT2D eigenvalue weighted by atomic mass is 9.80. The molecule has 468 valence electrons. The molecule has 6 rings (SSSR count). The molecule has 9 nitrogen and oxygen atoms in total. The van der Waals surface area contributed by atoms with Crippen LogP contribution in [0, 0.1) is 35.5 Å². The number of allylic oxidation sites excluding steroid dienone is 2. The molecule has 0 aliphatic carbocycles. The lowest BCUT2D eigenvalue weighted by Crippen LogP contribution is -2.48. The number of methoxy groups -OCH3 is 2. The van der Waals surface area contributed by atoms with E-state index in [0.717, 1.165) is 45.7 Å². The first-order chi connectivity index (χ1) is 40.7. The molecule has 3 unspecified atom stereocenters. The monoisotopic (exact) mass is 1210 g/mol. The van der Waals surface area contributed by atoms with E-state index in [0.29, 0.717) is 32.7 Å². The van der Waals surface area contributed by atoms with Crippen molar-refractivity contribution in [3.63, 3.8) is 0 Å². The molecule has 1 aliphatic rings. The van der Waals surface area contributed by atoms with E-state index in [4.69, 9.17) is 37.3 Å². The molecule has 1 saturated heterocycles. The van der Waals surface area contributed by atoms with E-state index in [1.807, 2.05) is 43.3 Å². The van der Waals surface area contributed by atoms with Crippen molar-refractivity contribution in [3.05, 3.63) is 204 Å². The third-order valence-corrected chi connectivity index (χ3v) is 27.5. The Morgan fingerprint density at radius 2 is 1.12 bits per heavy atom. The fourth-order valence-corrected chi connectivity index (χ4v) is 13.8. The van der Waals surface area contributed by atoms with E-state index in [-0.39, 0.29) is 75.8 Å². The first-order valence-electron chi connectivity index (χ1n) is 31.6. The topological polar surface area (TPSA) is 90.9 Å². The maximum Gasteiger partial charge on any atom is 0.192 e. The summed E-state index contributed by atoms with van der Waals surface area (Å²) in [5, 5.41) is -0.0366. The van der Waals surface area contributed by atoms with Crippen molar-refractivity contribution in [2.75, 3.05) is 27.4 Å². The Bertz CT molecular complexity index is 2780. The van der Waals surface area contributed by atoms with Gasteiger partial charge in [-0.05, 0) is 119 Å². The van der Waals surface area contributed by atoms with Crippen molar-refractivity contribution in [3.8, 4) is 11.5 Å². The highest BCUT2D eigenvalue weighted by Crippen LogP contribution is 2.43. The molecular weight excluding hydrogens is 1100 g/mol. The Hall–Kier alpha value is -5.22. The Labute approximate surface area is 521 Å². The smallest absolute Gasteiger partial charge is 0.192 e. The molecule has 0 saturated carbocycles. The van der Waals surface area contributed by atoms with Crippen molar-refractivity contribution < 1.29 is 42.1 Å². The third kappa shape index (κ3) is 19.4. The average molecular weight is 1210 g/mol. The maximum absolute atomic E-state index is 14.0. The van der Waals surface area contributed by atoms with Gasteiger partial charge in [0.05, 0.1) is 58.5 Å². The summed E-state index contributed by atoms with van der Waals surface area (Å²) in [6, 6.07) is 47.8. The summed E-state index contributed by atoms with van der Waals surface area (Å²) in [5.74, 6) is 1.70. The fourth-order valence-electron chi connectivity index (χ4n) is 11.1. The predicted molar refractivity (Wildman–Crippen MR) is 359 cm³/mol. The van der Waals surface area contributed by atoms with Gasteiger partial charge in [-0.2, -0.15) is 0 Å². The van der Waals surface area contributed by atoms with Gasteiger partial charge < -0.3 is 37.3 Å². The normalized spacial score (nSPS) is 19.4. The van der Waals surface area contributed by atoms with Gasteiger partial charge >= 0.3 is 0 Å². The van der Waals surface area contributed by atoms with E-state index in [1.165, 1.54) is 0 Å². The van der Waals surface area contributed by atoms with Crippen LogP contribution in [-0.2, 0) is 51.2 Å². The van der Waals surface area contributed by atoms with Crippen LogP contribution >= 0.6 is 0 Å². The highest BCUT2D eigenvalue weighted by molar-refractivity contribution is 6.74.